The van der Waals surface area contributed by atoms with Crippen LogP contribution in [0.2, 0.25) is 0 Å². The minimum absolute atomic E-state index is 0. The van der Waals surface area contributed by atoms with Crippen molar-refractivity contribution in [3.63, 3.8) is 0 Å². The summed E-state index contributed by atoms with van der Waals surface area (Å²) in [5, 5.41) is 8.17. The minimum Gasteiger partial charge on any atom is -0.361 e. The van der Waals surface area contributed by atoms with Crippen molar-refractivity contribution in [2.45, 2.75) is 32.6 Å². The summed E-state index contributed by atoms with van der Waals surface area (Å²) in [7, 11) is 2.22. The van der Waals surface area contributed by atoms with Gasteiger partial charge in [0.1, 0.15) is 0 Å². The van der Waals surface area contributed by atoms with E-state index in [1.165, 1.54) is 48.8 Å². The molecule has 0 bridgehead atoms. The average Bonchev–Trinajstić information content (AvgIpc) is 3.07. The highest BCUT2D eigenvalue weighted by Gasteiger charge is 2.15. The number of para-hydroxylation sites is 1. The third-order valence-electron chi connectivity index (χ3n) is 5.35. The Bertz CT molecular complexity index is 703. The molecule has 3 N–H and O–H groups in total. The Morgan fingerprint density at radius 2 is 2.00 bits per heavy atom. The van der Waals surface area contributed by atoms with E-state index in [-0.39, 0.29) is 24.0 Å². The van der Waals surface area contributed by atoms with E-state index in [4.69, 9.17) is 4.99 Å². The van der Waals surface area contributed by atoms with E-state index in [1.54, 1.807) is 0 Å². The summed E-state index contributed by atoms with van der Waals surface area (Å²) in [6.07, 6.45) is 6.94. The van der Waals surface area contributed by atoms with Crippen LogP contribution in [-0.2, 0) is 6.42 Å². The monoisotopic (exact) mass is 483 g/mol. The fourth-order valence-electron chi connectivity index (χ4n) is 3.71. The van der Waals surface area contributed by atoms with Crippen molar-refractivity contribution in [2.24, 2.45) is 10.9 Å². The fourth-order valence-corrected chi connectivity index (χ4v) is 3.71. The molecule has 0 unspecified atom stereocenters. The molecule has 0 spiro atoms. The van der Waals surface area contributed by atoms with Gasteiger partial charge in [0.15, 0.2) is 5.96 Å². The number of aromatic amines is 1. The zero-order chi connectivity index (χ0) is 18.2. The molecule has 3 rings (SSSR count). The van der Waals surface area contributed by atoms with Crippen LogP contribution in [-0.4, -0.2) is 55.6 Å². The van der Waals surface area contributed by atoms with Crippen LogP contribution in [0.5, 0.6) is 0 Å². The average molecular weight is 483 g/mol. The van der Waals surface area contributed by atoms with Crippen molar-refractivity contribution in [3.8, 4) is 0 Å². The van der Waals surface area contributed by atoms with Gasteiger partial charge < -0.3 is 20.5 Å². The number of nitrogens with zero attached hydrogens (tertiary/aromatic N) is 2. The maximum Gasteiger partial charge on any atom is 0.191 e. The summed E-state index contributed by atoms with van der Waals surface area (Å²) in [6, 6.07) is 8.48. The summed E-state index contributed by atoms with van der Waals surface area (Å²) in [5.41, 5.74) is 2.57. The minimum atomic E-state index is 0. The van der Waals surface area contributed by atoms with Crippen molar-refractivity contribution in [2.75, 3.05) is 39.8 Å². The van der Waals surface area contributed by atoms with E-state index >= 15 is 0 Å². The topological polar surface area (TPSA) is 55.5 Å². The van der Waals surface area contributed by atoms with Crippen LogP contribution in [0.1, 0.15) is 31.7 Å². The summed E-state index contributed by atoms with van der Waals surface area (Å²) >= 11 is 0. The van der Waals surface area contributed by atoms with E-state index < -0.39 is 0 Å². The number of rotatable bonds is 7. The number of halogens is 1. The molecule has 1 aliphatic heterocycles. The molecule has 1 saturated heterocycles. The van der Waals surface area contributed by atoms with Gasteiger partial charge in [-0.05, 0) is 70.3 Å². The quantitative estimate of drug-likeness (QED) is 0.321. The SMILES string of the molecule is CCNC(=NCCC1CCN(C)CC1)NCCc1c[nH]c2ccccc12.I. The number of fused-ring (bicyclic) bond motifs is 1. The summed E-state index contributed by atoms with van der Waals surface area (Å²) in [4.78, 5) is 10.6. The summed E-state index contributed by atoms with van der Waals surface area (Å²) in [6.45, 7) is 7.29. The van der Waals surface area contributed by atoms with E-state index in [1.807, 2.05) is 0 Å². The molecule has 27 heavy (non-hydrogen) atoms. The molecule has 1 fully saturated rings. The van der Waals surface area contributed by atoms with Gasteiger partial charge in [-0.1, -0.05) is 18.2 Å². The lowest BCUT2D eigenvalue weighted by molar-refractivity contribution is 0.214. The second kappa shape index (κ2) is 11.5. The second-order valence-corrected chi connectivity index (χ2v) is 7.33. The third-order valence-corrected chi connectivity index (χ3v) is 5.35. The van der Waals surface area contributed by atoms with E-state index in [9.17, 15) is 0 Å². The predicted octanol–water partition coefficient (Wildman–Crippen LogP) is 3.62. The van der Waals surface area contributed by atoms with Gasteiger partial charge >= 0.3 is 0 Å². The molecule has 0 aliphatic carbocycles. The molecule has 150 valence electrons. The maximum atomic E-state index is 4.78. The molecule has 0 atom stereocenters. The number of benzene rings is 1. The number of aromatic nitrogens is 1. The molecule has 1 aromatic carbocycles. The first-order chi connectivity index (χ1) is 12.8. The van der Waals surface area contributed by atoms with E-state index in [0.29, 0.717) is 0 Å². The number of piperidine rings is 1. The van der Waals surface area contributed by atoms with Crippen LogP contribution >= 0.6 is 24.0 Å². The number of H-pyrrole nitrogens is 1. The van der Waals surface area contributed by atoms with Crippen LogP contribution < -0.4 is 10.6 Å². The van der Waals surface area contributed by atoms with Crippen LogP contribution in [0.25, 0.3) is 10.9 Å². The third kappa shape index (κ3) is 6.68. The summed E-state index contributed by atoms with van der Waals surface area (Å²) in [5.74, 6) is 1.78. The molecule has 0 saturated carbocycles. The predicted molar refractivity (Wildman–Crippen MR) is 126 cm³/mol. The lowest BCUT2D eigenvalue weighted by Gasteiger charge is -2.28. The number of guanidine groups is 1. The van der Waals surface area contributed by atoms with Gasteiger partial charge in [-0.15, -0.1) is 24.0 Å². The first-order valence-electron chi connectivity index (χ1n) is 10.0. The van der Waals surface area contributed by atoms with Crippen molar-refractivity contribution >= 4 is 40.8 Å². The molecular formula is C21H34IN5. The van der Waals surface area contributed by atoms with Gasteiger partial charge in [0.2, 0.25) is 0 Å². The Hall–Kier alpha value is -1.28. The van der Waals surface area contributed by atoms with Gasteiger partial charge in [0.25, 0.3) is 0 Å². The van der Waals surface area contributed by atoms with Crippen molar-refractivity contribution < 1.29 is 0 Å². The Kier molecular flexibility index (Phi) is 9.41. The number of nitrogens with one attached hydrogen (secondary N) is 3. The Morgan fingerprint density at radius 3 is 2.78 bits per heavy atom. The van der Waals surface area contributed by atoms with Gasteiger partial charge in [-0.25, -0.2) is 0 Å². The van der Waals surface area contributed by atoms with Crippen LogP contribution in [0.15, 0.2) is 35.5 Å². The molecule has 2 aromatic rings. The Labute approximate surface area is 180 Å². The van der Waals surface area contributed by atoms with Crippen molar-refractivity contribution in [3.05, 3.63) is 36.0 Å². The molecule has 1 aromatic heterocycles. The first kappa shape index (κ1) is 22.0. The van der Waals surface area contributed by atoms with Gasteiger partial charge in [0.05, 0.1) is 0 Å². The van der Waals surface area contributed by atoms with Crippen LogP contribution in [0.4, 0.5) is 0 Å². The standard InChI is InChI=1S/C21H33N5.HI/c1-3-22-21(23-12-8-17-10-14-26(2)15-11-17)24-13-9-18-16-25-20-7-5-4-6-19(18)20;/h4-7,16-17,25H,3,8-15H2,1-2H3,(H2,22,23,24);1H. The normalized spacial score (nSPS) is 16.3. The zero-order valence-corrected chi connectivity index (χ0v) is 19.0. The molecule has 6 heteroatoms. The molecule has 0 amide bonds. The first-order valence-corrected chi connectivity index (χ1v) is 10.0. The largest absolute Gasteiger partial charge is 0.361 e. The van der Waals surface area contributed by atoms with E-state index in [2.05, 4.69) is 65.0 Å². The Balaban J connectivity index is 0.00000261. The lowest BCUT2D eigenvalue weighted by atomic mass is 9.94. The summed E-state index contributed by atoms with van der Waals surface area (Å²) < 4.78 is 0. The Morgan fingerprint density at radius 1 is 1.22 bits per heavy atom. The fraction of sp³-hybridized carbons (Fsp3) is 0.571. The number of hydrogen-bond acceptors (Lipinski definition) is 2. The molecule has 1 aliphatic rings. The van der Waals surface area contributed by atoms with Crippen LogP contribution in [0, 0.1) is 5.92 Å². The molecular weight excluding hydrogens is 449 g/mol. The zero-order valence-electron chi connectivity index (χ0n) is 16.6. The van der Waals surface area contributed by atoms with Gasteiger partial charge in [-0.3, -0.25) is 4.99 Å². The molecule has 2 heterocycles. The molecule has 5 nitrogen and oxygen atoms in total. The van der Waals surface area contributed by atoms with Crippen molar-refractivity contribution in [1.82, 2.24) is 20.5 Å². The molecule has 0 radical (unpaired) electrons. The van der Waals surface area contributed by atoms with Gasteiger partial charge in [-0.2, -0.15) is 0 Å². The van der Waals surface area contributed by atoms with Crippen LogP contribution in [0.3, 0.4) is 0 Å². The maximum absolute atomic E-state index is 4.78. The smallest absolute Gasteiger partial charge is 0.191 e. The van der Waals surface area contributed by atoms with Gasteiger partial charge in [0, 0.05) is 36.7 Å². The van der Waals surface area contributed by atoms with E-state index in [0.717, 1.165) is 37.9 Å². The number of aliphatic imine (C=N–C) groups is 1. The number of hydrogen-bond donors (Lipinski definition) is 3. The number of likely N-dealkylation sites (tertiary alicyclic amines) is 1. The highest BCUT2D eigenvalue weighted by atomic mass is 127. The van der Waals surface area contributed by atoms with Crippen molar-refractivity contribution in [1.29, 1.82) is 0 Å². The lowest BCUT2D eigenvalue weighted by Crippen LogP contribution is -2.38. The highest BCUT2D eigenvalue weighted by Crippen LogP contribution is 2.19. The second-order valence-electron chi connectivity index (χ2n) is 7.33. The highest BCUT2D eigenvalue weighted by molar-refractivity contribution is 14.0.